The van der Waals surface area contributed by atoms with Gasteiger partial charge in [-0.1, -0.05) is 48.5 Å². The smallest absolute Gasteiger partial charge is 0.407 e. The number of carboxylic acids is 1. The molecule has 4 aromatic rings. The van der Waals surface area contributed by atoms with E-state index in [9.17, 15) is 14.7 Å². The molecule has 2 heterocycles. The lowest BCUT2D eigenvalue weighted by atomic mass is 9.98. The topological polar surface area (TPSA) is 80.6 Å². The molecule has 1 aliphatic rings. The van der Waals surface area contributed by atoms with E-state index in [1.54, 1.807) is 0 Å². The molecule has 7 heteroatoms. The van der Waals surface area contributed by atoms with Gasteiger partial charge >= 0.3 is 12.1 Å². The average Bonchev–Trinajstić information content (AvgIpc) is 3.56. The van der Waals surface area contributed by atoms with Gasteiger partial charge in [0.2, 0.25) is 0 Å². The average molecular weight is 459 g/mol. The van der Waals surface area contributed by atoms with Gasteiger partial charge < -0.3 is 19.7 Å². The Morgan fingerprint density at radius 2 is 1.61 bits per heavy atom. The lowest BCUT2D eigenvalue weighted by molar-refractivity contribution is -0.139. The first-order chi connectivity index (χ1) is 16.1. The van der Waals surface area contributed by atoms with Crippen molar-refractivity contribution in [2.45, 2.75) is 18.4 Å². The van der Waals surface area contributed by atoms with Crippen LogP contribution in [0, 0.1) is 0 Å². The van der Waals surface area contributed by atoms with Gasteiger partial charge in [-0.05, 0) is 45.8 Å². The number of ether oxygens (including phenoxy) is 1. The zero-order valence-electron chi connectivity index (χ0n) is 17.7. The highest BCUT2D eigenvalue weighted by Gasteiger charge is 2.30. The van der Waals surface area contributed by atoms with Crippen LogP contribution in [0.4, 0.5) is 4.79 Å². The van der Waals surface area contributed by atoms with E-state index < -0.39 is 18.1 Å². The summed E-state index contributed by atoms with van der Waals surface area (Å²) in [6.07, 6.45) is 3.24. The zero-order chi connectivity index (χ0) is 22.8. The summed E-state index contributed by atoms with van der Waals surface area (Å²) in [6, 6.07) is 20.8. The highest BCUT2D eigenvalue weighted by molar-refractivity contribution is 7.10. The summed E-state index contributed by atoms with van der Waals surface area (Å²) in [5.41, 5.74) is 5.40. The van der Waals surface area contributed by atoms with Crippen LogP contribution in [0.25, 0.3) is 16.8 Å². The van der Waals surface area contributed by atoms with Gasteiger partial charge in [0, 0.05) is 29.6 Å². The van der Waals surface area contributed by atoms with E-state index in [4.69, 9.17) is 4.74 Å². The lowest BCUT2D eigenvalue weighted by Gasteiger charge is -2.17. The second kappa shape index (κ2) is 8.96. The van der Waals surface area contributed by atoms with Crippen molar-refractivity contribution in [2.75, 3.05) is 6.61 Å². The number of hydrogen-bond donors (Lipinski definition) is 2. The van der Waals surface area contributed by atoms with Gasteiger partial charge in [0.15, 0.2) is 0 Å². The number of nitrogens with zero attached hydrogens (tertiary/aromatic N) is 1. The van der Waals surface area contributed by atoms with Crippen LogP contribution in [0.5, 0.6) is 0 Å². The first-order valence-electron chi connectivity index (χ1n) is 10.7. The fraction of sp³-hybridized carbons (Fsp3) is 0.154. The van der Waals surface area contributed by atoms with Crippen LogP contribution in [0.2, 0.25) is 0 Å². The monoisotopic (exact) mass is 458 g/mol. The van der Waals surface area contributed by atoms with E-state index >= 15 is 0 Å². The van der Waals surface area contributed by atoms with Crippen molar-refractivity contribution < 1.29 is 19.4 Å². The summed E-state index contributed by atoms with van der Waals surface area (Å²) in [7, 11) is 0. The molecule has 5 rings (SSSR count). The van der Waals surface area contributed by atoms with Crippen molar-refractivity contribution in [3.8, 4) is 16.8 Å². The molecule has 0 aliphatic heterocycles. The highest BCUT2D eigenvalue weighted by Crippen LogP contribution is 2.44. The number of benzene rings is 2. The molecular weight excluding hydrogens is 436 g/mol. The van der Waals surface area contributed by atoms with Crippen molar-refractivity contribution in [1.29, 1.82) is 0 Å². The summed E-state index contributed by atoms with van der Waals surface area (Å²) >= 11 is 1.46. The molecule has 0 bridgehead atoms. The molecule has 1 amide bonds. The number of alkyl carbamates (subject to hydrolysis) is 1. The molecule has 0 saturated carbocycles. The van der Waals surface area contributed by atoms with E-state index in [2.05, 4.69) is 17.4 Å². The van der Waals surface area contributed by atoms with Crippen LogP contribution in [0.15, 0.2) is 84.5 Å². The molecule has 0 spiro atoms. The molecule has 1 unspecified atom stereocenters. The molecule has 1 atom stereocenters. The maximum atomic E-state index is 12.6. The Morgan fingerprint density at radius 3 is 2.24 bits per heavy atom. The maximum Gasteiger partial charge on any atom is 0.407 e. The fourth-order valence-corrected chi connectivity index (χ4v) is 5.30. The van der Waals surface area contributed by atoms with Gasteiger partial charge in [0.25, 0.3) is 0 Å². The maximum absolute atomic E-state index is 12.6. The summed E-state index contributed by atoms with van der Waals surface area (Å²) in [5, 5.41) is 14.2. The van der Waals surface area contributed by atoms with Crippen LogP contribution in [-0.4, -0.2) is 34.4 Å². The number of fused-ring (bicyclic) bond motifs is 3. The predicted octanol–water partition coefficient (Wildman–Crippen LogP) is 5.07. The normalized spacial score (nSPS) is 13.2. The molecule has 33 heavy (non-hydrogen) atoms. The van der Waals surface area contributed by atoms with Crippen molar-refractivity contribution in [3.63, 3.8) is 0 Å². The molecular formula is C26H22N2O4S. The lowest BCUT2D eigenvalue weighted by Crippen LogP contribution is -2.42. The molecule has 0 radical (unpaired) electrons. The highest BCUT2D eigenvalue weighted by atomic mass is 32.1. The third-order valence-corrected chi connectivity index (χ3v) is 6.86. The first-order valence-corrected chi connectivity index (χ1v) is 11.5. The molecule has 2 aromatic heterocycles. The summed E-state index contributed by atoms with van der Waals surface area (Å²) in [5.74, 6) is -1.18. The van der Waals surface area contributed by atoms with Gasteiger partial charge in [-0.25, -0.2) is 9.59 Å². The number of amides is 1. The van der Waals surface area contributed by atoms with Crippen molar-refractivity contribution in [1.82, 2.24) is 9.88 Å². The molecule has 1 aliphatic carbocycles. The van der Waals surface area contributed by atoms with Gasteiger partial charge in [0.1, 0.15) is 12.6 Å². The van der Waals surface area contributed by atoms with Crippen LogP contribution >= 0.6 is 11.3 Å². The van der Waals surface area contributed by atoms with Gasteiger partial charge in [-0.15, -0.1) is 11.3 Å². The minimum Gasteiger partial charge on any atom is -0.480 e. The Bertz CT molecular complexity index is 1250. The Hall–Kier alpha value is -3.84. The van der Waals surface area contributed by atoms with Gasteiger partial charge in [-0.2, -0.15) is 0 Å². The number of nitrogens with one attached hydrogen (secondary N) is 1. The summed E-state index contributed by atoms with van der Waals surface area (Å²) < 4.78 is 7.46. The largest absolute Gasteiger partial charge is 0.480 e. The number of aromatic nitrogens is 1. The molecule has 166 valence electrons. The summed E-state index contributed by atoms with van der Waals surface area (Å²) in [4.78, 5) is 25.3. The molecule has 2 aromatic carbocycles. The predicted molar refractivity (Wildman–Crippen MR) is 127 cm³/mol. The van der Waals surface area contributed by atoms with E-state index in [0.717, 1.165) is 32.8 Å². The molecule has 0 saturated heterocycles. The number of rotatable bonds is 7. The third kappa shape index (κ3) is 4.15. The van der Waals surface area contributed by atoms with Crippen LogP contribution in [-0.2, 0) is 16.0 Å². The van der Waals surface area contributed by atoms with Crippen molar-refractivity contribution in [2.24, 2.45) is 0 Å². The van der Waals surface area contributed by atoms with E-state index in [1.165, 1.54) is 11.3 Å². The Balaban J connectivity index is 1.27. The second-order valence-electron chi connectivity index (χ2n) is 7.88. The minimum absolute atomic E-state index is 0.0796. The molecule has 2 N–H and O–H groups in total. The van der Waals surface area contributed by atoms with Gasteiger partial charge in [0.05, 0.1) is 5.69 Å². The van der Waals surface area contributed by atoms with E-state index in [1.807, 2.05) is 76.9 Å². The number of hydrogen-bond acceptors (Lipinski definition) is 4. The number of thiophene rings is 1. The number of carboxylic acid groups (broad SMARTS) is 1. The Kier molecular flexibility index (Phi) is 5.71. The third-order valence-electron chi connectivity index (χ3n) is 5.93. The van der Waals surface area contributed by atoms with Crippen molar-refractivity contribution >= 4 is 23.4 Å². The Morgan fingerprint density at radius 1 is 0.970 bits per heavy atom. The standard InChI is InChI=1S/C26H22N2O4S/c29-25(30)22(15-24-23(11-14-33-24)28-12-5-6-13-28)27-26(31)32-16-21-19-9-3-1-7-17(19)18-8-2-4-10-20(18)21/h1-14,21-22H,15-16H2,(H,27,31)(H,29,30). The SMILES string of the molecule is O=C(NC(Cc1sccc1-n1cccc1)C(=O)O)OCC1c2ccccc2-c2ccccc21. The Labute approximate surface area is 195 Å². The minimum atomic E-state index is -1.10. The zero-order valence-corrected chi connectivity index (χ0v) is 18.5. The summed E-state index contributed by atoms with van der Waals surface area (Å²) in [6.45, 7) is 0.139. The molecule has 6 nitrogen and oxygen atoms in total. The fourth-order valence-electron chi connectivity index (χ4n) is 4.38. The van der Waals surface area contributed by atoms with Crippen LogP contribution in [0.1, 0.15) is 21.9 Å². The van der Waals surface area contributed by atoms with Gasteiger partial charge in [-0.3, -0.25) is 0 Å². The number of carbonyl (C=O) groups is 2. The van der Waals surface area contributed by atoms with E-state index in [-0.39, 0.29) is 18.9 Å². The van der Waals surface area contributed by atoms with Crippen LogP contribution in [0.3, 0.4) is 0 Å². The quantitative estimate of drug-likeness (QED) is 0.405. The molecule has 0 fully saturated rings. The van der Waals surface area contributed by atoms with Crippen molar-refractivity contribution in [3.05, 3.63) is 101 Å². The van der Waals surface area contributed by atoms with Crippen LogP contribution < -0.4 is 5.32 Å². The van der Waals surface area contributed by atoms with E-state index in [0.29, 0.717) is 0 Å². The number of carbonyl (C=O) groups excluding carboxylic acids is 1. The second-order valence-corrected chi connectivity index (χ2v) is 8.88. The first kappa shape index (κ1) is 21.0. The number of aliphatic carboxylic acids is 1.